The van der Waals surface area contributed by atoms with Gasteiger partial charge in [-0.25, -0.2) is 15.0 Å². The third-order valence-electron chi connectivity index (χ3n) is 4.91. The van der Waals surface area contributed by atoms with Crippen molar-refractivity contribution in [1.82, 2.24) is 20.3 Å². The van der Waals surface area contributed by atoms with E-state index in [0.29, 0.717) is 40.7 Å². The van der Waals surface area contributed by atoms with Crippen molar-refractivity contribution >= 4 is 40.0 Å². The summed E-state index contributed by atoms with van der Waals surface area (Å²) < 4.78 is 5.00. The number of amides is 1. The van der Waals surface area contributed by atoms with Crippen molar-refractivity contribution in [2.24, 2.45) is 0 Å². The number of methoxy groups -OCH3 is 1. The Morgan fingerprint density at radius 3 is 2.82 bits per heavy atom. The van der Waals surface area contributed by atoms with E-state index in [1.54, 1.807) is 31.4 Å². The van der Waals surface area contributed by atoms with Crippen LogP contribution in [0.5, 0.6) is 0 Å². The Bertz CT molecular complexity index is 1380. The van der Waals surface area contributed by atoms with Crippen LogP contribution in [0.3, 0.4) is 0 Å². The van der Waals surface area contributed by atoms with Crippen LogP contribution in [-0.4, -0.2) is 41.1 Å². The molecule has 2 N–H and O–H groups in total. The molecule has 0 saturated heterocycles. The lowest BCUT2D eigenvalue weighted by molar-refractivity contribution is 0.0948. The van der Waals surface area contributed by atoms with Gasteiger partial charge in [0.15, 0.2) is 5.82 Å². The number of nitrogens with zero attached hydrogens (tertiary/aromatic N) is 3. The molecule has 0 unspecified atom stereocenters. The highest BCUT2D eigenvalue weighted by Gasteiger charge is 2.09. The van der Waals surface area contributed by atoms with Crippen LogP contribution in [0.25, 0.3) is 11.0 Å². The molecule has 34 heavy (non-hydrogen) atoms. The number of rotatable bonds is 7. The molecular formula is C26H22ClN5O2. The molecule has 0 aliphatic rings. The maximum absolute atomic E-state index is 12.4. The minimum atomic E-state index is -0.136. The number of aromatic nitrogens is 3. The fourth-order valence-corrected chi connectivity index (χ4v) is 3.38. The lowest BCUT2D eigenvalue weighted by Crippen LogP contribution is -2.25. The summed E-state index contributed by atoms with van der Waals surface area (Å²) in [4.78, 5) is 25.3. The van der Waals surface area contributed by atoms with Gasteiger partial charge < -0.3 is 15.4 Å². The van der Waals surface area contributed by atoms with Crippen LogP contribution < -0.4 is 10.6 Å². The summed E-state index contributed by atoms with van der Waals surface area (Å²) in [6.45, 7) is 1.16. The average molecular weight is 472 g/mol. The van der Waals surface area contributed by atoms with E-state index < -0.39 is 0 Å². The number of anilines is 2. The van der Waals surface area contributed by atoms with Gasteiger partial charge in [-0.05, 0) is 48.9 Å². The lowest BCUT2D eigenvalue weighted by atomic mass is 10.1. The molecule has 4 aromatic rings. The lowest BCUT2D eigenvalue weighted by Gasteiger charge is -2.09. The van der Waals surface area contributed by atoms with Gasteiger partial charge in [-0.2, -0.15) is 0 Å². The Labute approximate surface area is 202 Å². The number of carbonyl (C=O) groups is 1. The van der Waals surface area contributed by atoms with Gasteiger partial charge in [-0.3, -0.25) is 4.79 Å². The van der Waals surface area contributed by atoms with E-state index >= 15 is 0 Å². The molecule has 2 aromatic heterocycles. The van der Waals surface area contributed by atoms with Crippen molar-refractivity contribution in [3.8, 4) is 11.8 Å². The molecule has 2 aromatic carbocycles. The second kappa shape index (κ2) is 11.2. The van der Waals surface area contributed by atoms with E-state index in [0.717, 1.165) is 23.2 Å². The van der Waals surface area contributed by atoms with Crippen LogP contribution in [0.4, 0.5) is 11.5 Å². The highest BCUT2D eigenvalue weighted by molar-refractivity contribution is 6.29. The topological polar surface area (TPSA) is 89.0 Å². The molecule has 2 heterocycles. The smallest absolute Gasteiger partial charge is 0.251 e. The summed E-state index contributed by atoms with van der Waals surface area (Å²) in [6, 6.07) is 18.4. The summed E-state index contributed by atoms with van der Waals surface area (Å²) in [5, 5.41) is 6.54. The molecule has 0 bridgehead atoms. The van der Waals surface area contributed by atoms with Crippen LogP contribution in [0.2, 0.25) is 5.15 Å². The van der Waals surface area contributed by atoms with Gasteiger partial charge in [0.2, 0.25) is 0 Å². The standard InChI is InChI=1S/C26H22ClN5O2/c1-34-15-5-14-28-26(33)20-8-4-6-18(16-20)10-11-19-7-2-3-9-21(19)31-25-24-22(29-17-30-25)12-13-23(27)32-24/h2-4,6-9,12-13,16-17H,5,14-15H2,1H3,(H,28,33)(H,29,30,31). The molecule has 0 aliphatic carbocycles. The number of carbonyl (C=O) groups excluding carboxylic acids is 1. The van der Waals surface area contributed by atoms with E-state index in [1.807, 2.05) is 36.4 Å². The normalized spacial score (nSPS) is 10.4. The molecule has 170 valence electrons. The predicted molar refractivity (Wildman–Crippen MR) is 133 cm³/mol. The zero-order valence-electron chi connectivity index (χ0n) is 18.5. The van der Waals surface area contributed by atoms with Crippen LogP contribution in [0.15, 0.2) is 67.0 Å². The van der Waals surface area contributed by atoms with Gasteiger partial charge in [0, 0.05) is 37.0 Å². The van der Waals surface area contributed by atoms with Crippen LogP contribution in [0.1, 0.15) is 27.9 Å². The number of para-hydroxylation sites is 1. The molecule has 7 nitrogen and oxygen atoms in total. The van der Waals surface area contributed by atoms with E-state index in [9.17, 15) is 4.79 Å². The fraction of sp³-hybridized carbons (Fsp3) is 0.154. The van der Waals surface area contributed by atoms with Gasteiger partial charge >= 0.3 is 0 Å². The largest absolute Gasteiger partial charge is 0.385 e. The van der Waals surface area contributed by atoms with E-state index in [2.05, 4.69) is 37.4 Å². The molecule has 4 rings (SSSR count). The number of halogens is 1. The second-order valence-electron chi connectivity index (χ2n) is 7.33. The van der Waals surface area contributed by atoms with Crippen molar-refractivity contribution in [1.29, 1.82) is 0 Å². The quantitative estimate of drug-likeness (QED) is 0.233. The molecular weight excluding hydrogens is 450 g/mol. The number of fused-ring (bicyclic) bond motifs is 1. The van der Waals surface area contributed by atoms with Crippen LogP contribution >= 0.6 is 11.6 Å². The first-order valence-electron chi connectivity index (χ1n) is 10.7. The Hall–Kier alpha value is -3.99. The minimum absolute atomic E-state index is 0.136. The third-order valence-corrected chi connectivity index (χ3v) is 5.12. The number of pyridine rings is 1. The molecule has 0 atom stereocenters. The summed E-state index contributed by atoms with van der Waals surface area (Å²) in [5.41, 5.74) is 4.09. The molecule has 0 spiro atoms. The molecule has 0 aliphatic heterocycles. The number of hydrogen-bond acceptors (Lipinski definition) is 6. The zero-order valence-corrected chi connectivity index (χ0v) is 19.3. The summed E-state index contributed by atoms with van der Waals surface area (Å²) in [7, 11) is 1.64. The van der Waals surface area contributed by atoms with Gasteiger partial charge in [-0.1, -0.05) is 41.6 Å². The Morgan fingerprint density at radius 1 is 1.06 bits per heavy atom. The molecule has 0 fully saturated rings. The predicted octanol–water partition coefficient (Wildman–Crippen LogP) is 4.59. The van der Waals surface area contributed by atoms with Crippen LogP contribution in [-0.2, 0) is 4.74 Å². The van der Waals surface area contributed by atoms with Crippen molar-refractivity contribution in [3.05, 3.63) is 88.8 Å². The van der Waals surface area contributed by atoms with Crippen molar-refractivity contribution in [3.63, 3.8) is 0 Å². The van der Waals surface area contributed by atoms with E-state index in [-0.39, 0.29) is 5.91 Å². The molecule has 0 saturated carbocycles. The summed E-state index contributed by atoms with van der Waals surface area (Å²) in [6.07, 6.45) is 2.23. The number of benzene rings is 2. The highest BCUT2D eigenvalue weighted by atomic mass is 35.5. The summed E-state index contributed by atoms with van der Waals surface area (Å²) >= 11 is 6.07. The van der Waals surface area contributed by atoms with Gasteiger partial charge in [0.25, 0.3) is 5.91 Å². The highest BCUT2D eigenvalue weighted by Crippen LogP contribution is 2.24. The van der Waals surface area contributed by atoms with E-state index in [4.69, 9.17) is 16.3 Å². The molecule has 8 heteroatoms. The first-order chi connectivity index (χ1) is 16.6. The molecule has 1 amide bonds. The van der Waals surface area contributed by atoms with E-state index in [1.165, 1.54) is 6.33 Å². The van der Waals surface area contributed by atoms with Crippen molar-refractivity contribution < 1.29 is 9.53 Å². The first kappa shape index (κ1) is 23.2. The Morgan fingerprint density at radius 2 is 1.94 bits per heavy atom. The second-order valence-corrected chi connectivity index (χ2v) is 7.71. The Kier molecular flexibility index (Phi) is 7.66. The maximum Gasteiger partial charge on any atom is 0.251 e. The SMILES string of the molecule is COCCCNC(=O)c1cccc(C#Cc2ccccc2Nc2ncnc3ccc(Cl)nc23)c1. The van der Waals surface area contributed by atoms with Crippen molar-refractivity contribution in [2.75, 3.05) is 25.6 Å². The van der Waals surface area contributed by atoms with Crippen LogP contribution in [0, 0.1) is 11.8 Å². The van der Waals surface area contributed by atoms with Gasteiger partial charge in [-0.15, -0.1) is 0 Å². The summed E-state index contributed by atoms with van der Waals surface area (Å²) in [5.74, 6) is 6.73. The average Bonchev–Trinajstić information content (AvgIpc) is 2.86. The van der Waals surface area contributed by atoms with Crippen molar-refractivity contribution in [2.45, 2.75) is 6.42 Å². The monoisotopic (exact) mass is 471 g/mol. The Balaban J connectivity index is 1.55. The molecule has 0 radical (unpaired) electrons. The third kappa shape index (κ3) is 5.87. The minimum Gasteiger partial charge on any atom is -0.385 e. The van der Waals surface area contributed by atoms with Gasteiger partial charge in [0.1, 0.15) is 17.0 Å². The number of ether oxygens (including phenoxy) is 1. The maximum atomic E-state index is 12.4. The number of nitrogens with one attached hydrogen (secondary N) is 2. The van der Waals surface area contributed by atoms with Gasteiger partial charge in [0.05, 0.1) is 11.2 Å². The fourth-order valence-electron chi connectivity index (χ4n) is 3.23. The zero-order chi connectivity index (χ0) is 23.8. The number of hydrogen-bond donors (Lipinski definition) is 2. The first-order valence-corrected chi connectivity index (χ1v) is 11.0.